The van der Waals surface area contributed by atoms with Gasteiger partial charge in [0.25, 0.3) is 0 Å². The van der Waals surface area contributed by atoms with Crippen molar-refractivity contribution in [3.8, 4) is 0 Å². The van der Waals surface area contributed by atoms with Crippen LogP contribution >= 0.6 is 12.6 Å². The van der Waals surface area contributed by atoms with Crippen LogP contribution in [0.3, 0.4) is 0 Å². The van der Waals surface area contributed by atoms with Crippen molar-refractivity contribution in [1.29, 1.82) is 0 Å². The minimum absolute atomic E-state index is 0.0266. The molecule has 1 saturated heterocycles. The first-order valence-electron chi connectivity index (χ1n) is 9.01. The molecule has 0 unspecified atom stereocenters. The molecule has 1 aliphatic rings. The minimum atomic E-state index is -0.545. The van der Waals surface area contributed by atoms with Gasteiger partial charge >= 0.3 is 0 Å². The lowest BCUT2D eigenvalue weighted by Crippen LogP contribution is -2.55. The maximum atomic E-state index is 6.20. The number of hydrogen-bond acceptors (Lipinski definition) is 4. The second-order valence-electron chi connectivity index (χ2n) is 7.23. The van der Waals surface area contributed by atoms with Crippen LogP contribution in [0.15, 0.2) is 29.2 Å². The molecule has 0 saturated carbocycles. The van der Waals surface area contributed by atoms with Gasteiger partial charge in [-0.3, -0.25) is 0 Å². The summed E-state index contributed by atoms with van der Waals surface area (Å²) in [4.78, 5) is 1.01. The van der Waals surface area contributed by atoms with Crippen molar-refractivity contribution in [2.24, 2.45) is 5.41 Å². The Labute approximate surface area is 157 Å². The van der Waals surface area contributed by atoms with Crippen LogP contribution in [0.4, 0.5) is 0 Å². The molecule has 24 heavy (non-hydrogen) atoms. The van der Waals surface area contributed by atoms with E-state index in [2.05, 4.69) is 64.7 Å². The molecule has 1 aliphatic heterocycles. The Balaban J connectivity index is 2.52. The van der Waals surface area contributed by atoms with Gasteiger partial charge in [-0.15, -0.1) is 12.6 Å². The lowest BCUT2D eigenvalue weighted by molar-refractivity contribution is -0.146. The van der Waals surface area contributed by atoms with Crippen LogP contribution in [0, 0.1) is 5.41 Å². The lowest BCUT2D eigenvalue weighted by atomic mass is 9.56. The number of thiol groups is 1. The minimum Gasteiger partial charge on any atom is -0.400 e. The maximum absolute atomic E-state index is 6.20. The normalized spacial score (nSPS) is 27.3. The van der Waals surface area contributed by atoms with Gasteiger partial charge in [0, 0.05) is 22.3 Å². The highest BCUT2D eigenvalue weighted by Gasteiger charge is 2.53. The van der Waals surface area contributed by atoms with Crippen LogP contribution in [-0.4, -0.2) is 38.5 Å². The van der Waals surface area contributed by atoms with E-state index in [0.717, 1.165) is 24.3 Å². The molecule has 1 fully saturated rings. The predicted octanol–water partition coefficient (Wildman–Crippen LogP) is 3.06. The van der Waals surface area contributed by atoms with Crippen molar-refractivity contribution < 1.29 is 13.6 Å². The largest absolute Gasteiger partial charge is 0.400 e. The molecule has 0 spiro atoms. The molecule has 0 bridgehead atoms. The van der Waals surface area contributed by atoms with E-state index in [-0.39, 0.29) is 23.2 Å². The van der Waals surface area contributed by atoms with Crippen LogP contribution in [0.2, 0.25) is 13.1 Å². The fraction of sp³-hybridized carbons (Fsp3) is 0.667. The molecular weight excluding hydrogens is 352 g/mol. The first-order chi connectivity index (χ1) is 11.4. The van der Waals surface area contributed by atoms with Crippen LogP contribution in [0.5, 0.6) is 0 Å². The van der Waals surface area contributed by atoms with Crippen molar-refractivity contribution in [2.75, 3.05) is 6.61 Å². The highest BCUT2D eigenvalue weighted by atomic mass is 32.1. The summed E-state index contributed by atoms with van der Waals surface area (Å²) >= 11 is 4.58. The maximum Gasteiger partial charge on any atom is 0.161 e. The molecule has 0 amide bonds. The van der Waals surface area contributed by atoms with Gasteiger partial charge in [0.15, 0.2) is 19.5 Å². The predicted molar refractivity (Wildman–Crippen MR) is 109 cm³/mol. The van der Waals surface area contributed by atoms with Gasteiger partial charge in [0.2, 0.25) is 0 Å². The molecule has 1 aromatic rings. The summed E-state index contributed by atoms with van der Waals surface area (Å²) in [5, 5.41) is 0. The molecule has 2 atom stereocenters. The Hall–Kier alpha value is -0.116. The fourth-order valence-corrected chi connectivity index (χ4v) is 6.15. The van der Waals surface area contributed by atoms with E-state index < -0.39 is 19.5 Å². The van der Waals surface area contributed by atoms with E-state index in [0.29, 0.717) is 0 Å². The van der Waals surface area contributed by atoms with Crippen LogP contribution in [0.25, 0.3) is 0 Å². The molecule has 0 radical (unpaired) electrons. The third-order valence-corrected chi connectivity index (χ3v) is 6.97. The van der Waals surface area contributed by atoms with Crippen molar-refractivity contribution in [1.82, 2.24) is 0 Å². The molecule has 1 heterocycles. The Morgan fingerprint density at radius 3 is 2.50 bits per heavy atom. The van der Waals surface area contributed by atoms with E-state index in [9.17, 15) is 0 Å². The fourth-order valence-electron chi connectivity index (χ4n) is 4.10. The second-order valence-corrected chi connectivity index (χ2v) is 9.57. The average molecular weight is 385 g/mol. The summed E-state index contributed by atoms with van der Waals surface area (Å²) in [5.41, 5.74) is 1.18. The summed E-state index contributed by atoms with van der Waals surface area (Å²) in [6, 6.07) is 8.60. The highest BCUT2D eigenvalue weighted by Crippen LogP contribution is 2.53. The zero-order valence-corrected chi connectivity index (χ0v) is 19.4. The summed E-state index contributed by atoms with van der Waals surface area (Å²) < 4.78 is 18.3. The Bertz CT molecular complexity index is 535. The first-order valence-corrected chi connectivity index (χ1v) is 13.4. The van der Waals surface area contributed by atoms with Crippen molar-refractivity contribution in [2.45, 2.75) is 69.4 Å². The molecule has 3 nitrogen and oxygen atoms in total. The van der Waals surface area contributed by atoms with Gasteiger partial charge < -0.3 is 13.6 Å². The van der Waals surface area contributed by atoms with Crippen LogP contribution < -0.4 is 0 Å². The summed E-state index contributed by atoms with van der Waals surface area (Å²) in [7, 11) is -1.09. The van der Waals surface area contributed by atoms with Gasteiger partial charge in [-0.25, -0.2) is 0 Å². The molecule has 6 heteroatoms. The molecule has 2 rings (SSSR count). The van der Waals surface area contributed by atoms with Gasteiger partial charge in [-0.2, -0.15) is 0 Å². The molecular formula is C18H32O3SSi2. The monoisotopic (exact) mass is 384 g/mol. The van der Waals surface area contributed by atoms with Crippen molar-refractivity contribution in [3.63, 3.8) is 0 Å². The number of rotatable bonds is 7. The molecule has 0 aliphatic carbocycles. The smallest absolute Gasteiger partial charge is 0.161 e. The molecule has 1 aromatic carbocycles. The highest BCUT2D eigenvalue weighted by molar-refractivity contribution is 7.80. The lowest BCUT2D eigenvalue weighted by Gasteiger charge is -2.54. The van der Waals surface area contributed by atoms with E-state index in [1.807, 2.05) is 6.07 Å². The molecule has 0 aromatic heterocycles. The quantitative estimate of drug-likeness (QED) is 0.445. The Kier molecular flexibility index (Phi) is 7.16. The first kappa shape index (κ1) is 20.2. The van der Waals surface area contributed by atoms with E-state index in [4.69, 9.17) is 13.6 Å². The SMILES string of the molecule is C[SiH2]OC(O[SiH2]C)C(C)(C)[C@]1(c2cccc(S)c2)CCO[C@@H](C)C1. The summed E-state index contributed by atoms with van der Waals surface area (Å²) in [6.45, 7) is 11.9. The number of hydrogen-bond donors (Lipinski definition) is 1. The van der Waals surface area contributed by atoms with Crippen molar-refractivity contribution >= 4 is 32.2 Å². The third kappa shape index (κ3) is 3.99. The zero-order valence-electron chi connectivity index (χ0n) is 15.7. The van der Waals surface area contributed by atoms with E-state index in [1.165, 1.54) is 5.56 Å². The number of ether oxygens (including phenoxy) is 1. The summed E-state index contributed by atoms with van der Waals surface area (Å²) in [6.07, 6.45) is 2.08. The average Bonchev–Trinajstić information content (AvgIpc) is 2.54. The van der Waals surface area contributed by atoms with Gasteiger partial charge in [-0.05, 0) is 37.5 Å². The van der Waals surface area contributed by atoms with Crippen LogP contribution in [-0.2, 0) is 19.0 Å². The van der Waals surface area contributed by atoms with Gasteiger partial charge in [0.1, 0.15) is 6.29 Å². The number of benzene rings is 1. The standard InChI is InChI=1S/C18H32O3SSi2/c1-13-12-18(9-10-19-13,14-7-6-8-15(22)11-14)17(2,3)16(20-23-4)21-24-5/h6-8,11,13,16,22H,9-10,12,23-24H2,1-5H3/t13-,18+/m0/s1. The second kappa shape index (κ2) is 8.51. The Morgan fingerprint density at radius 1 is 1.29 bits per heavy atom. The third-order valence-electron chi connectivity index (χ3n) is 5.42. The summed E-state index contributed by atoms with van der Waals surface area (Å²) in [5.74, 6) is 0. The molecule has 136 valence electrons. The van der Waals surface area contributed by atoms with Crippen LogP contribution in [0.1, 0.15) is 39.2 Å². The van der Waals surface area contributed by atoms with Crippen molar-refractivity contribution in [3.05, 3.63) is 29.8 Å². The van der Waals surface area contributed by atoms with Gasteiger partial charge in [0.05, 0.1) is 6.10 Å². The van der Waals surface area contributed by atoms with E-state index >= 15 is 0 Å². The molecule has 0 N–H and O–H groups in total. The zero-order chi connectivity index (χ0) is 17.8. The van der Waals surface area contributed by atoms with E-state index in [1.54, 1.807) is 0 Å². The topological polar surface area (TPSA) is 27.7 Å². The Morgan fingerprint density at radius 2 is 1.96 bits per heavy atom. The van der Waals surface area contributed by atoms with Gasteiger partial charge in [-0.1, -0.05) is 39.1 Å².